The predicted molar refractivity (Wildman–Crippen MR) is 71.8 cm³/mol. The second kappa shape index (κ2) is 5.10. The van der Waals surface area contributed by atoms with Crippen molar-refractivity contribution in [2.45, 2.75) is 19.2 Å². The zero-order chi connectivity index (χ0) is 13.3. The van der Waals surface area contributed by atoms with Crippen molar-refractivity contribution in [1.82, 2.24) is 9.78 Å². The number of hydrogen-bond acceptors (Lipinski definition) is 2. The van der Waals surface area contributed by atoms with Crippen molar-refractivity contribution >= 4 is 15.9 Å². The standard InChI is InChI=1S/C13H14BrFN2O/c1-8-6-10(4-5-12(8)15)18-13-11(7-14)9(2)16-17(13)3/h4-6H,7H2,1-3H3. The molecule has 96 valence electrons. The Balaban J connectivity index is 2.36. The molecule has 0 fully saturated rings. The maximum atomic E-state index is 13.2. The first-order valence-corrected chi connectivity index (χ1v) is 6.67. The van der Waals surface area contributed by atoms with E-state index in [9.17, 15) is 4.39 Å². The fourth-order valence-electron chi connectivity index (χ4n) is 1.75. The van der Waals surface area contributed by atoms with Crippen molar-refractivity contribution in [2.24, 2.45) is 7.05 Å². The molecule has 0 amide bonds. The summed E-state index contributed by atoms with van der Waals surface area (Å²) in [4.78, 5) is 0. The Bertz CT molecular complexity index is 581. The maximum absolute atomic E-state index is 13.2. The Kier molecular flexibility index (Phi) is 3.71. The van der Waals surface area contributed by atoms with Gasteiger partial charge in [-0.3, -0.25) is 0 Å². The summed E-state index contributed by atoms with van der Waals surface area (Å²) in [5.41, 5.74) is 2.48. The van der Waals surface area contributed by atoms with Gasteiger partial charge in [0, 0.05) is 17.9 Å². The van der Waals surface area contributed by atoms with Crippen molar-refractivity contribution in [3.63, 3.8) is 0 Å². The molecular weight excluding hydrogens is 299 g/mol. The fraction of sp³-hybridized carbons (Fsp3) is 0.308. The van der Waals surface area contributed by atoms with Gasteiger partial charge in [-0.1, -0.05) is 15.9 Å². The van der Waals surface area contributed by atoms with Crippen LogP contribution < -0.4 is 4.74 Å². The second-order valence-electron chi connectivity index (χ2n) is 4.14. The third kappa shape index (κ3) is 2.41. The number of alkyl halides is 1. The first-order chi connectivity index (χ1) is 8.52. The number of hydrogen-bond donors (Lipinski definition) is 0. The largest absolute Gasteiger partial charge is 0.439 e. The van der Waals surface area contributed by atoms with Gasteiger partial charge in [0.05, 0.1) is 5.69 Å². The van der Waals surface area contributed by atoms with Crippen LogP contribution in [0.5, 0.6) is 11.6 Å². The van der Waals surface area contributed by atoms with Crippen LogP contribution in [0.25, 0.3) is 0 Å². The minimum absolute atomic E-state index is 0.232. The van der Waals surface area contributed by atoms with E-state index in [-0.39, 0.29) is 5.82 Å². The molecule has 0 aliphatic heterocycles. The normalized spacial score (nSPS) is 10.7. The first-order valence-electron chi connectivity index (χ1n) is 5.55. The molecule has 0 N–H and O–H groups in total. The van der Waals surface area contributed by atoms with E-state index in [4.69, 9.17) is 4.74 Å². The molecule has 0 spiro atoms. The Hall–Kier alpha value is -1.36. The molecule has 0 saturated heterocycles. The number of rotatable bonds is 3. The van der Waals surface area contributed by atoms with Gasteiger partial charge < -0.3 is 4.74 Å². The second-order valence-corrected chi connectivity index (χ2v) is 4.70. The SMILES string of the molecule is Cc1cc(Oc2c(CBr)c(C)nn2C)ccc1F. The summed E-state index contributed by atoms with van der Waals surface area (Å²) < 4.78 is 20.7. The minimum atomic E-state index is -0.232. The van der Waals surface area contributed by atoms with E-state index in [1.165, 1.54) is 6.07 Å². The molecule has 0 bridgehead atoms. The Morgan fingerprint density at radius 2 is 2.11 bits per heavy atom. The number of ether oxygens (including phenoxy) is 1. The number of aryl methyl sites for hydroxylation is 3. The van der Waals surface area contributed by atoms with Crippen molar-refractivity contribution in [2.75, 3.05) is 0 Å². The summed E-state index contributed by atoms with van der Waals surface area (Å²) in [6, 6.07) is 4.69. The third-order valence-corrected chi connectivity index (χ3v) is 3.33. The highest BCUT2D eigenvalue weighted by Gasteiger charge is 2.14. The maximum Gasteiger partial charge on any atom is 0.221 e. The minimum Gasteiger partial charge on any atom is -0.439 e. The predicted octanol–water partition coefficient (Wildman–Crippen LogP) is 3.86. The van der Waals surface area contributed by atoms with Crippen LogP contribution in [0.4, 0.5) is 4.39 Å². The van der Waals surface area contributed by atoms with E-state index in [1.54, 1.807) is 23.7 Å². The monoisotopic (exact) mass is 312 g/mol. The van der Waals surface area contributed by atoms with Crippen LogP contribution in [-0.4, -0.2) is 9.78 Å². The van der Waals surface area contributed by atoms with E-state index in [2.05, 4.69) is 21.0 Å². The van der Waals surface area contributed by atoms with Gasteiger partial charge >= 0.3 is 0 Å². The molecule has 2 aromatic rings. The molecular formula is C13H14BrFN2O. The van der Waals surface area contributed by atoms with E-state index in [0.29, 0.717) is 22.5 Å². The van der Waals surface area contributed by atoms with Gasteiger partial charge in [0.15, 0.2) is 0 Å². The van der Waals surface area contributed by atoms with Gasteiger partial charge in [0.2, 0.25) is 5.88 Å². The highest BCUT2D eigenvalue weighted by molar-refractivity contribution is 9.08. The van der Waals surface area contributed by atoms with Crippen LogP contribution >= 0.6 is 15.9 Å². The van der Waals surface area contributed by atoms with Crippen molar-refractivity contribution < 1.29 is 9.13 Å². The Morgan fingerprint density at radius 1 is 1.39 bits per heavy atom. The number of aromatic nitrogens is 2. The molecule has 1 heterocycles. The summed E-state index contributed by atoms with van der Waals surface area (Å²) in [6.07, 6.45) is 0. The lowest BCUT2D eigenvalue weighted by Crippen LogP contribution is -1.97. The van der Waals surface area contributed by atoms with Crippen LogP contribution in [-0.2, 0) is 12.4 Å². The molecule has 1 aromatic carbocycles. The van der Waals surface area contributed by atoms with Crippen LogP contribution in [0.3, 0.4) is 0 Å². The van der Waals surface area contributed by atoms with Crippen molar-refractivity contribution in [3.05, 3.63) is 40.8 Å². The van der Waals surface area contributed by atoms with Crippen molar-refractivity contribution in [3.8, 4) is 11.6 Å². The van der Waals surface area contributed by atoms with E-state index in [0.717, 1.165) is 11.3 Å². The highest BCUT2D eigenvalue weighted by Crippen LogP contribution is 2.29. The van der Waals surface area contributed by atoms with Gasteiger partial charge in [-0.15, -0.1) is 0 Å². The summed E-state index contributed by atoms with van der Waals surface area (Å²) >= 11 is 3.42. The molecule has 3 nitrogen and oxygen atoms in total. The van der Waals surface area contributed by atoms with Crippen LogP contribution in [0.15, 0.2) is 18.2 Å². The smallest absolute Gasteiger partial charge is 0.221 e. The van der Waals surface area contributed by atoms with Gasteiger partial charge in [0.1, 0.15) is 11.6 Å². The zero-order valence-corrected chi connectivity index (χ0v) is 12.1. The molecule has 0 aliphatic carbocycles. The van der Waals surface area contributed by atoms with Crippen LogP contribution in [0.2, 0.25) is 0 Å². The summed E-state index contributed by atoms with van der Waals surface area (Å²) in [6.45, 7) is 3.64. The van der Waals surface area contributed by atoms with E-state index in [1.807, 2.05) is 14.0 Å². The zero-order valence-electron chi connectivity index (χ0n) is 10.5. The van der Waals surface area contributed by atoms with Crippen molar-refractivity contribution in [1.29, 1.82) is 0 Å². The Morgan fingerprint density at radius 3 is 2.72 bits per heavy atom. The lowest BCUT2D eigenvalue weighted by molar-refractivity contribution is 0.426. The van der Waals surface area contributed by atoms with Crippen LogP contribution in [0, 0.1) is 19.7 Å². The molecule has 18 heavy (non-hydrogen) atoms. The molecule has 0 unspecified atom stereocenters. The summed E-state index contributed by atoms with van der Waals surface area (Å²) in [5, 5.41) is 4.97. The van der Waals surface area contributed by atoms with Gasteiger partial charge in [-0.2, -0.15) is 5.10 Å². The molecule has 0 radical (unpaired) electrons. The van der Waals surface area contributed by atoms with Gasteiger partial charge in [0.25, 0.3) is 0 Å². The van der Waals surface area contributed by atoms with E-state index >= 15 is 0 Å². The fourth-order valence-corrected chi connectivity index (χ4v) is 2.40. The highest BCUT2D eigenvalue weighted by atomic mass is 79.9. The average Bonchev–Trinajstić information content (AvgIpc) is 2.58. The molecule has 0 saturated carbocycles. The third-order valence-electron chi connectivity index (χ3n) is 2.77. The first kappa shape index (κ1) is 13.1. The molecule has 1 aromatic heterocycles. The lowest BCUT2D eigenvalue weighted by atomic mass is 10.2. The Labute approximate surface area is 114 Å². The number of benzene rings is 1. The van der Waals surface area contributed by atoms with Gasteiger partial charge in [-0.05, 0) is 37.6 Å². The van der Waals surface area contributed by atoms with Crippen LogP contribution in [0.1, 0.15) is 16.8 Å². The topological polar surface area (TPSA) is 27.1 Å². The molecule has 5 heteroatoms. The quantitative estimate of drug-likeness (QED) is 0.805. The molecule has 2 rings (SSSR count). The number of nitrogens with zero attached hydrogens (tertiary/aromatic N) is 2. The average molecular weight is 313 g/mol. The summed E-state index contributed by atoms with van der Waals surface area (Å²) in [5.74, 6) is 1.05. The van der Waals surface area contributed by atoms with E-state index < -0.39 is 0 Å². The van der Waals surface area contributed by atoms with Gasteiger partial charge in [-0.25, -0.2) is 9.07 Å². The number of halogens is 2. The lowest BCUT2D eigenvalue weighted by Gasteiger charge is -2.08. The summed E-state index contributed by atoms with van der Waals surface area (Å²) in [7, 11) is 1.82. The molecule has 0 aliphatic rings. The molecule has 0 atom stereocenters.